The van der Waals surface area contributed by atoms with E-state index in [2.05, 4.69) is 20.5 Å². The van der Waals surface area contributed by atoms with Crippen molar-refractivity contribution in [2.45, 2.75) is 6.92 Å². The number of hydrogen-bond acceptors (Lipinski definition) is 8. The summed E-state index contributed by atoms with van der Waals surface area (Å²) >= 11 is 0. The van der Waals surface area contributed by atoms with E-state index in [9.17, 15) is 4.79 Å². The Morgan fingerprint density at radius 3 is 2.28 bits per heavy atom. The van der Waals surface area contributed by atoms with Gasteiger partial charge >= 0.3 is 0 Å². The van der Waals surface area contributed by atoms with Crippen LogP contribution in [0.5, 0.6) is 23.1 Å². The van der Waals surface area contributed by atoms with E-state index in [4.69, 9.17) is 18.9 Å². The summed E-state index contributed by atoms with van der Waals surface area (Å²) in [6.45, 7) is 2.50. The Bertz CT molecular complexity index is 1080. The molecule has 9 heteroatoms. The highest BCUT2D eigenvalue weighted by molar-refractivity contribution is 5.95. The summed E-state index contributed by atoms with van der Waals surface area (Å²) in [6.07, 6.45) is 3.01. The monoisotopic (exact) mass is 436 g/mol. The zero-order chi connectivity index (χ0) is 22.9. The SMILES string of the molecule is CCOc1ccc(-c2cnc(OC)c(C(=O)N/N=C/c3cc(OC)cc(OC)c3)n2)cc1. The molecular formula is C23H24N4O5. The quantitative estimate of drug-likeness (QED) is 0.405. The first-order valence-corrected chi connectivity index (χ1v) is 9.78. The number of hydrazone groups is 1. The molecule has 0 unspecified atom stereocenters. The van der Waals surface area contributed by atoms with Crippen molar-refractivity contribution in [1.82, 2.24) is 15.4 Å². The Kier molecular flexibility index (Phi) is 7.58. The molecule has 0 saturated heterocycles. The van der Waals surface area contributed by atoms with E-state index in [-0.39, 0.29) is 11.6 Å². The Balaban J connectivity index is 1.79. The van der Waals surface area contributed by atoms with Crippen molar-refractivity contribution < 1.29 is 23.7 Å². The Labute approximate surface area is 186 Å². The highest BCUT2D eigenvalue weighted by Gasteiger charge is 2.17. The van der Waals surface area contributed by atoms with Gasteiger partial charge in [0.25, 0.3) is 5.91 Å². The van der Waals surface area contributed by atoms with E-state index in [1.54, 1.807) is 32.4 Å². The minimum absolute atomic E-state index is 0.0132. The zero-order valence-corrected chi connectivity index (χ0v) is 18.3. The van der Waals surface area contributed by atoms with Gasteiger partial charge in [-0.1, -0.05) is 0 Å². The number of ether oxygens (including phenoxy) is 4. The number of hydrogen-bond donors (Lipinski definition) is 1. The maximum atomic E-state index is 12.7. The first kappa shape index (κ1) is 22.5. The van der Waals surface area contributed by atoms with Crippen molar-refractivity contribution >= 4 is 12.1 Å². The molecule has 32 heavy (non-hydrogen) atoms. The molecule has 0 saturated carbocycles. The third kappa shape index (κ3) is 5.51. The lowest BCUT2D eigenvalue weighted by Crippen LogP contribution is -2.20. The largest absolute Gasteiger partial charge is 0.497 e. The van der Waals surface area contributed by atoms with Crippen LogP contribution in [0.25, 0.3) is 11.3 Å². The van der Waals surface area contributed by atoms with Gasteiger partial charge in [0.05, 0.1) is 46.0 Å². The number of benzene rings is 2. The number of nitrogens with one attached hydrogen (secondary N) is 1. The van der Waals surface area contributed by atoms with Crippen LogP contribution in [0.3, 0.4) is 0 Å². The Morgan fingerprint density at radius 2 is 1.69 bits per heavy atom. The first-order valence-electron chi connectivity index (χ1n) is 9.78. The average Bonchev–Trinajstić information content (AvgIpc) is 2.84. The fraction of sp³-hybridized carbons (Fsp3) is 0.217. The van der Waals surface area contributed by atoms with Gasteiger partial charge in [-0.2, -0.15) is 5.10 Å². The van der Waals surface area contributed by atoms with Crippen molar-refractivity contribution in [2.75, 3.05) is 27.9 Å². The lowest BCUT2D eigenvalue weighted by molar-refractivity contribution is 0.0946. The van der Waals surface area contributed by atoms with Crippen molar-refractivity contribution in [3.63, 3.8) is 0 Å². The summed E-state index contributed by atoms with van der Waals surface area (Å²) in [5.41, 5.74) is 4.44. The molecule has 1 amide bonds. The first-order chi connectivity index (χ1) is 15.6. The topological polar surface area (TPSA) is 104 Å². The maximum Gasteiger partial charge on any atom is 0.295 e. The van der Waals surface area contributed by atoms with Crippen LogP contribution >= 0.6 is 0 Å². The molecule has 0 radical (unpaired) electrons. The third-order valence-corrected chi connectivity index (χ3v) is 4.36. The lowest BCUT2D eigenvalue weighted by Gasteiger charge is -2.09. The fourth-order valence-corrected chi connectivity index (χ4v) is 2.83. The predicted molar refractivity (Wildman–Crippen MR) is 120 cm³/mol. The second-order valence-corrected chi connectivity index (χ2v) is 6.42. The molecule has 0 spiro atoms. The van der Waals surface area contributed by atoms with Gasteiger partial charge < -0.3 is 18.9 Å². The molecule has 0 bridgehead atoms. The van der Waals surface area contributed by atoms with E-state index in [1.807, 2.05) is 31.2 Å². The van der Waals surface area contributed by atoms with Gasteiger partial charge in [0.1, 0.15) is 17.2 Å². The predicted octanol–water partition coefficient (Wildman–Crippen LogP) is 3.33. The second-order valence-electron chi connectivity index (χ2n) is 6.42. The Morgan fingerprint density at radius 1 is 1.00 bits per heavy atom. The number of amides is 1. The molecule has 2 aromatic carbocycles. The highest BCUT2D eigenvalue weighted by Crippen LogP contribution is 2.24. The van der Waals surface area contributed by atoms with Crippen LogP contribution in [-0.2, 0) is 0 Å². The number of rotatable bonds is 9. The van der Waals surface area contributed by atoms with E-state index in [1.165, 1.54) is 19.5 Å². The number of carbonyl (C=O) groups excluding carboxylic acids is 1. The molecule has 1 N–H and O–H groups in total. The van der Waals surface area contributed by atoms with Gasteiger partial charge in [-0.3, -0.25) is 4.79 Å². The number of methoxy groups -OCH3 is 3. The van der Waals surface area contributed by atoms with Crippen LogP contribution in [0.2, 0.25) is 0 Å². The minimum atomic E-state index is -0.562. The van der Waals surface area contributed by atoms with Crippen LogP contribution in [0.1, 0.15) is 23.0 Å². The summed E-state index contributed by atoms with van der Waals surface area (Å²) in [5, 5.41) is 4.00. The molecule has 166 valence electrons. The minimum Gasteiger partial charge on any atom is -0.497 e. The molecular weight excluding hydrogens is 412 g/mol. The molecule has 3 rings (SSSR count). The van der Waals surface area contributed by atoms with Gasteiger partial charge in [0.15, 0.2) is 5.69 Å². The van der Waals surface area contributed by atoms with Crippen LogP contribution in [-0.4, -0.2) is 50.0 Å². The highest BCUT2D eigenvalue weighted by atomic mass is 16.5. The number of nitrogens with zero attached hydrogens (tertiary/aromatic N) is 3. The zero-order valence-electron chi connectivity index (χ0n) is 18.3. The third-order valence-electron chi connectivity index (χ3n) is 4.36. The maximum absolute atomic E-state index is 12.7. The summed E-state index contributed by atoms with van der Waals surface area (Å²) in [4.78, 5) is 21.3. The summed E-state index contributed by atoms with van der Waals surface area (Å²) in [7, 11) is 4.53. The van der Waals surface area contributed by atoms with Gasteiger partial charge in [0.2, 0.25) is 5.88 Å². The van der Waals surface area contributed by atoms with Crippen molar-refractivity contribution in [2.24, 2.45) is 5.10 Å². The van der Waals surface area contributed by atoms with Crippen LogP contribution in [0.15, 0.2) is 53.8 Å². The van der Waals surface area contributed by atoms with Crippen LogP contribution in [0.4, 0.5) is 0 Å². The molecule has 0 aliphatic heterocycles. The van der Waals surface area contributed by atoms with Crippen LogP contribution < -0.4 is 24.4 Å². The van der Waals surface area contributed by atoms with Crippen molar-refractivity contribution in [3.8, 4) is 34.4 Å². The van der Waals surface area contributed by atoms with Gasteiger partial charge in [0, 0.05) is 17.2 Å². The summed E-state index contributed by atoms with van der Waals surface area (Å²) < 4.78 is 21.1. The fourth-order valence-electron chi connectivity index (χ4n) is 2.83. The van der Waals surface area contributed by atoms with Gasteiger partial charge in [-0.25, -0.2) is 15.4 Å². The van der Waals surface area contributed by atoms with E-state index in [0.717, 1.165) is 11.3 Å². The van der Waals surface area contributed by atoms with E-state index < -0.39 is 5.91 Å². The standard InChI is InChI=1S/C23H24N4O5/c1-5-32-17-8-6-16(7-9-17)20-14-24-23(31-4)21(26-20)22(28)27-25-13-15-10-18(29-2)12-19(11-15)30-3/h6-14H,5H2,1-4H3,(H,27,28)/b25-13+. The lowest BCUT2D eigenvalue weighted by atomic mass is 10.1. The van der Waals surface area contributed by atoms with Gasteiger partial charge in [-0.15, -0.1) is 0 Å². The molecule has 0 aliphatic rings. The molecule has 1 heterocycles. The second kappa shape index (κ2) is 10.8. The molecule has 9 nitrogen and oxygen atoms in total. The van der Waals surface area contributed by atoms with E-state index >= 15 is 0 Å². The number of aromatic nitrogens is 2. The number of carbonyl (C=O) groups is 1. The smallest absolute Gasteiger partial charge is 0.295 e. The molecule has 3 aromatic rings. The van der Waals surface area contributed by atoms with Gasteiger partial charge in [-0.05, 0) is 43.3 Å². The average molecular weight is 436 g/mol. The van der Waals surface area contributed by atoms with Crippen molar-refractivity contribution in [3.05, 3.63) is 59.9 Å². The normalized spacial score (nSPS) is 10.6. The van der Waals surface area contributed by atoms with E-state index in [0.29, 0.717) is 29.4 Å². The molecule has 1 aromatic heterocycles. The Hall–Kier alpha value is -4.14. The van der Waals surface area contributed by atoms with Crippen molar-refractivity contribution in [1.29, 1.82) is 0 Å². The summed E-state index contributed by atoms with van der Waals surface area (Å²) in [6, 6.07) is 12.6. The van der Waals surface area contributed by atoms with Crippen LogP contribution in [0, 0.1) is 0 Å². The summed E-state index contributed by atoms with van der Waals surface area (Å²) in [5.74, 6) is 1.49. The molecule has 0 atom stereocenters. The molecule has 0 fully saturated rings. The molecule has 0 aliphatic carbocycles.